The van der Waals surface area contributed by atoms with Crippen LogP contribution in [0, 0.1) is 5.41 Å². The van der Waals surface area contributed by atoms with Gasteiger partial charge in [-0.1, -0.05) is 13.3 Å². The van der Waals surface area contributed by atoms with Gasteiger partial charge in [-0.05, 0) is 37.5 Å². The van der Waals surface area contributed by atoms with Gasteiger partial charge in [0.2, 0.25) is 5.91 Å². The van der Waals surface area contributed by atoms with Crippen molar-refractivity contribution in [2.75, 3.05) is 19.6 Å². The second-order valence-corrected chi connectivity index (χ2v) is 5.87. The highest BCUT2D eigenvalue weighted by molar-refractivity contribution is 5.73. The largest absolute Gasteiger partial charge is 0.343 e. The molecule has 0 bridgehead atoms. The van der Waals surface area contributed by atoms with Gasteiger partial charge in [-0.3, -0.25) is 4.79 Å². The van der Waals surface area contributed by atoms with Crippen molar-refractivity contribution in [1.29, 1.82) is 0 Å². The number of hydrogen-bond donors (Lipinski definition) is 1. The fraction of sp³-hybridized carbons (Fsp3) is 0.929. The molecule has 3 nitrogen and oxygen atoms in total. The first-order chi connectivity index (χ1) is 8.15. The van der Waals surface area contributed by atoms with Gasteiger partial charge in [0.1, 0.15) is 0 Å². The maximum absolute atomic E-state index is 11.2. The van der Waals surface area contributed by atoms with Crippen LogP contribution in [-0.4, -0.2) is 36.5 Å². The third kappa shape index (κ3) is 3.01. The molecule has 98 valence electrons. The Bertz CT molecular complexity index is 260. The van der Waals surface area contributed by atoms with E-state index in [0.29, 0.717) is 11.5 Å². The van der Waals surface area contributed by atoms with Gasteiger partial charge < -0.3 is 10.2 Å². The zero-order valence-corrected chi connectivity index (χ0v) is 11.3. The van der Waals surface area contributed by atoms with Crippen LogP contribution in [0.15, 0.2) is 0 Å². The van der Waals surface area contributed by atoms with Crippen molar-refractivity contribution in [2.24, 2.45) is 5.41 Å². The summed E-state index contributed by atoms with van der Waals surface area (Å²) in [7, 11) is 0. The zero-order valence-electron chi connectivity index (χ0n) is 11.3. The van der Waals surface area contributed by atoms with Gasteiger partial charge in [0, 0.05) is 32.6 Å². The van der Waals surface area contributed by atoms with Crippen molar-refractivity contribution >= 4 is 5.91 Å². The zero-order chi connectivity index (χ0) is 12.3. The number of likely N-dealkylation sites (tertiary alicyclic amines) is 1. The van der Waals surface area contributed by atoms with Crippen LogP contribution in [0.2, 0.25) is 0 Å². The molecule has 2 rings (SSSR count). The van der Waals surface area contributed by atoms with Gasteiger partial charge in [-0.15, -0.1) is 0 Å². The Labute approximate surface area is 105 Å². The third-order valence-electron chi connectivity index (χ3n) is 4.87. The second-order valence-electron chi connectivity index (χ2n) is 5.87. The molecule has 2 fully saturated rings. The lowest BCUT2D eigenvalue weighted by atomic mass is 9.67. The molecule has 0 spiro atoms. The van der Waals surface area contributed by atoms with Gasteiger partial charge in [-0.2, -0.15) is 0 Å². The molecule has 3 heteroatoms. The maximum Gasteiger partial charge on any atom is 0.219 e. The smallest absolute Gasteiger partial charge is 0.219 e. The van der Waals surface area contributed by atoms with E-state index < -0.39 is 0 Å². The quantitative estimate of drug-likeness (QED) is 0.814. The standard InChI is InChI=1S/C14H26N2O/c1-3-14(7-4-8-14)11-15-13-5-9-16(10-6-13)12(2)17/h13,15H,3-11H2,1-2H3. The summed E-state index contributed by atoms with van der Waals surface area (Å²) in [5.74, 6) is 0.229. The monoisotopic (exact) mass is 238 g/mol. The van der Waals surface area contributed by atoms with Crippen LogP contribution < -0.4 is 5.32 Å². The first kappa shape index (κ1) is 12.9. The molecule has 1 heterocycles. The average Bonchev–Trinajstić information content (AvgIpc) is 2.29. The molecule has 0 unspecified atom stereocenters. The first-order valence-electron chi connectivity index (χ1n) is 7.14. The lowest BCUT2D eigenvalue weighted by Gasteiger charge is -2.43. The maximum atomic E-state index is 11.2. The summed E-state index contributed by atoms with van der Waals surface area (Å²) >= 11 is 0. The second kappa shape index (κ2) is 5.38. The molecular formula is C14H26N2O. The summed E-state index contributed by atoms with van der Waals surface area (Å²) in [5.41, 5.74) is 0.609. The highest BCUT2D eigenvalue weighted by Crippen LogP contribution is 2.43. The lowest BCUT2D eigenvalue weighted by molar-refractivity contribution is -0.129. The van der Waals surface area contributed by atoms with Crippen molar-refractivity contribution in [2.45, 2.75) is 58.4 Å². The van der Waals surface area contributed by atoms with Gasteiger partial charge in [0.15, 0.2) is 0 Å². The molecule has 1 aliphatic carbocycles. The molecule has 0 radical (unpaired) electrons. The van der Waals surface area contributed by atoms with Gasteiger partial charge in [0.25, 0.3) is 0 Å². The molecule has 2 aliphatic rings. The van der Waals surface area contributed by atoms with Crippen LogP contribution in [0.1, 0.15) is 52.4 Å². The fourth-order valence-corrected chi connectivity index (χ4v) is 3.09. The molecule has 1 N–H and O–H groups in total. The van der Waals surface area contributed by atoms with Crippen LogP contribution in [0.4, 0.5) is 0 Å². The number of rotatable bonds is 4. The SMILES string of the molecule is CCC1(CNC2CCN(C(C)=O)CC2)CCC1. The van der Waals surface area contributed by atoms with Crippen LogP contribution >= 0.6 is 0 Å². The lowest BCUT2D eigenvalue weighted by Crippen LogP contribution is -2.48. The van der Waals surface area contributed by atoms with E-state index in [2.05, 4.69) is 12.2 Å². The minimum absolute atomic E-state index is 0.229. The summed E-state index contributed by atoms with van der Waals surface area (Å²) in [4.78, 5) is 13.2. The Hall–Kier alpha value is -0.570. The molecule has 1 saturated carbocycles. The summed E-state index contributed by atoms with van der Waals surface area (Å²) in [5, 5.41) is 3.74. The molecule has 0 aromatic rings. The number of nitrogens with zero attached hydrogens (tertiary/aromatic N) is 1. The summed E-state index contributed by atoms with van der Waals surface area (Å²) < 4.78 is 0. The van der Waals surface area contributed by atoms with E-state index in [4.69, 9.17) is 0 Å². The van der Waals surface area contributed by atoms with Gasteiger partial charge >= 0.3 is 0 Å². The van der Waals surface area contributed by atoms with E-state index in [1.807, 2.05) is 4.90 Å². The number of piperidine rings is 1. The number of carbonyl (C=O) groups excluding carboxylic acids is 1. The number of amides is 1. The molecule has 1 aliphatic heterocycles. The van der Waals surface area contributed by atoms with E-state index in [9.17, 15) is 4.79 Å². The molecule has 1 amide bonds. The molecular weight excluding hydrogens is 212 g/mol. The van der Waals surface area contributed by atoms with Crippen molar-refractivity contribution in [3.63, 3.8) is 0 Å². The molecule has 1 saturated heterocycles. The number of hydrogen-bond acceptors (Lipinski definition) is 2. The van der Waals surface area contributed by atoms with Crippen molar-refractivity contribution in [3.8, 4) is 0 Å². The first-order valence-corrected chi connectivity index (χ1v) is 7.14. The molecule has 0 aromatic heterocycles. The third-order valence-corrected chi connectivity index (χ3v) is 4.87. The van der Waals surface area contributed by atoms with E-state index >= 15 is 0 Å². The Balaban J connectivity index is 1.69. The van der Waals surface area contributed by atoms with Crippen molar-refractivity contribution in [3.05, 3.63) is 0 Å². The minimum atomic E-state index is 0.229. The summed E-state index contributed by atoms with van der Waals surface area (Å²) in [6, 6.07) is 0.634. The van der Waals surface area contributed by atoms with Crippen molar-refractivity contribution < 1.29 is 4.79 Å². The topological polar surface area (TPSA) is 32.3 Å². The Morgan fingerprint density at radius 2 is 2.00 bits per heavy atom. The van der Waals surface area contributed by atoms with Crippen LogP contribution in [0.3, 0.4) is 0 Å². The molecule has 0 aromatic carbocycles. The van der Waals surface area contributed by atoms with Crippen LogP contribution in [0.5, 0.6) is 0 Å². The minimum Gasteiger partial charge on any atom is -0.343 e. The number of nitrogens with one attached hydrogen (secondary N) is 1. The normalized spacial score (nSPS) is 24.5. The highest BCUT2D eigenvalue weighted by atomic mass is 16.2. The van der Waals surface area contributed by atoms with E-state index in [0.717, 1.165) is 25.9 Å². The predicted molar refractivity (Wildman–Crippen MR) is 69.9 cm³/mol. The summed E-state index contributed by atoms with van der Waals surface area (Å²) in [6.07, 6.45) is 7.79. The van der Waals surface area contributed by atoms with E-state index in [1.54, 1.807) is 6.92 Å². The fourth-order valence-electron chi connectivity index (χ4n) is 3.09. The van der Waals surface area contributed by atoms with Crippen LogP contribution in [0.25, 0.3) is 0 Å². The highest BCUT2D eigenvalue weighted by Gasteiger charge is 2.35. The summed E-state index contributed by atoms with van der Waals surface area (Å²) in [6.45, 7) is 7.06. The Morgan fingerprint density at radius 1 is 1.35 bits per heavy atom. The van der Waals surface area contributed by atoms with E-state index in [-0.39, 0.29) is 5.91 Å². The predicted octanol–water partition coefficient (Wildman–Crippen LogP) is 2.17. The average molecular weight is 238 g/mol. The van der Waals surface area contributed by atoms with Gasteiger partial charge in [-0.25, -0.2) is 0 Å². The molecule has 17 heavy (non-hydrogen) atoms. The Morgan fingerprint density at radius 3 is 2.41 bits per heavy atom. The van der Waals surface area contributed by atoms with Crippen LogP contribution in [-0.2, 0) is 4.79 Å². The van der Waals surface area contributed by atoms with E-state index in [1.165, 1.54) is 32.2 Å². The Kier molecular flexibility index (Phi) is 4.08. The number of carbonyl (C=O) groups is 1. The van der Waals surface area contributed by atoms with Crippen molar-refractivity contribution in [1.82, 2.24) is 10.2 Å². The molecule has 0 atom stereocenters. The van der Waals surface area contributed by atoms with Gasteiger partial charge in [0.05, 0.1) is 0 Å².